The van der Waals surface area contributed by atoms with Crippen LogP contribution in [0.5, 0.6) is 0 Å². The van der Waals surface area contributed by atoms with Gasteiger partial charge in [-0.25, -0.2) is 0 Å². The number of aliphatic hydroxyl groups is 1. The summed E-state index contributed by atoms with van der Waals surface area (Å²) in [5, 5.41) is 9.24. The third-order valence-electron chi connectivity index (χ3n) is 4.88. The van der Waals surface area contributed by atoms with Crippen LogP contribution in [0, 0.1) is 11.3 Å². The average molecular weight is 304 g/mol. The minimum atomic E-state index is -3.42. The Morgan fingerprint density at radius 1 is 1.25 bits per heavy atom. The van der Waals surface area contributed by atoms with Gasteiger partial charge in [-0.1, -0.05) is 26.7 Å². The summed E-state index contributed by atoms with van der Waals surface area (Å²) >= 11 is 0. The maximum Gasteiger partial charge on any atom is 0.279 e. The van der Waals surface area contributed by atoms with Crippen molar-refractivity contribution in [2.75, 3.05) is 19.7 Å². The molecular weight excluding hydrogens is 276 g/mol. The van der Waals surface area contributed by atoms with Gasteiger partial charge in [0.05, 0.1) is 0 Å². The molecule has 2 atom stereocenters. The Labute approximate surface area is 122 Å². The van der Waals surface area contributed by atoms with Crippen molar-refractivity contribution in [2.24, 2.45) is 11.3 Å². The molecule has 0 radical (unpaired) electrons. The van der Waals surface area contributed by atoms with Gasteiger partial charge in [-0.3, -0.25) is 0 Å². The molecule has 0 spiro atoms. The first-order chi connectivity index (χ1) is 9.35. The quantitative estimate of drug-likeness (QED) is 0.827. The van der Waals surface area contributed by atoms with E-state index in [-0.39, 0.29) is 24.0 Å². The van der Waals surface area contributed by atoms with E-state index in [1.807, 2.05) is 0 Å². The molecule has 1 heterocycles. The summed E-state index contributed by atoms with van der Waals surface area (Å²) in [6, 6.07) is 0.0238. The summed E-state index contributed by atoms with van der Waals surface area (Å²) in [4.78, 5) is 0. The Morgan fingerprint density at radius 3 is 2.65 bits per heavy atom. The molecule has 1 saturated heterocycles. The van der Waals surface area contributed by atoms with Gasteiger partial charge in [0.2, 0.25) is 0 Å². The van der Waals surface area contributed by atoms with Gasteiger partial charge in [0.15, 0.2) is 0 Å². The van der Waals surface area contributed by atoms with Crippen molar-refractivity contribution < 1.29 is 13.5 Å². The molecule has 5 nitrogen and oxygen atoms in total. The second kappa shape index (κ2) is 6.30. The Kier molecular flexibility index (Phi) is 5.10. The average Bonchev–Trinajstić information content (AvgIpc) is 2.41. The normalized spacial score (nSPS) is 32.1. The fourth-order valence-corrected chi connectivity index (χ4v) is 5.08. The fraction of sp³-hybridized carbons (Fsp3) is 1.00. The molecule has 1 saturated carbocycles. The van der Waals surface area contributed by atoms with Crippen molar-refractivity contribution in [3.8, 4) is 0 Å². The Morgan fingerprint density at radius 2 is 2.00 bits per heavy atom. The minimum absolute atomic E-state index is 0.0238. The summed E-state index contributed by atoms with van der Waals surface area (Å²) in [6.07, 6.45) is 6.01. The van der Waals surface area contributed by atoms with Gasteiger partial charge in [0.1, 0.15) is 0 Å². The standard InChI is InChI=1S/C14H28N2O3S/c1-14(2)8-4-3-7-13(14)15-20(18,19)16-9-5-6-12(10-16)11-17/h12-13,15,17H,3-11H2,1-2H3. The van der Waals surface area contributed by atoms with Crippen LogP contribution in [-0.4, -0.2) is 43.6 Å². The minimum Gasteiger partial charge on any atom is -0.396 e. The molecule has 20 heavy (non-hydrogen) atoms. The molecule has 2 N–H and O–H groups in total. The predicted molar refractivity (Wildman–Crippen MR) is 79.5 cm³/mol. The van der Waals surface area contributed by atoms with E-state index in [2.05, 4.69) is 18.6 Å². The maximum atomic E-state index is 12.5. The number of nitrogens with zero attached hydrogens (tertiary/aromatic N) is 1. The molecule has 2 rings (SSSR count). The molecule has 6 heteroatoms. The zero-order chi connectivity index (χ0) is 14.8. The highest BCUT2D eigenvalue weighted by molar-refractivity contribution is 7.87. The Bertz CT molecular complexity index is 422. The van der Waals surface area contributed by atoms with E-state index in [1.54, 1.807) is 0 Å². The fourth-order valence-electron chi connectivity index (χ4n) is 3.36. The largest absolute Gasteiger partial charge is 0.396 e. The van der Waals surface area contributed by atoms with Gasteiger partial charge >= 0.3 is 0 Å². The number of aliphatic hydroxyl groups excluding tert-OH is 1. The van der Waals surface area contributed by atoms with Crippen LogP contribution < -0.4 is 4.72 Å². The molecule has 1 aliphatic carbocycles. The first kappa shape index (κ1) is 16.2. The van der Waals surface area contributed by atoms with E-state index in [9.17, 15) is 13.5 Å². The summed E-state index contributed by atoms with van der Waals surface area (Å²) in [6.45, 7) is 5.37. The van der Waals surface area contributed by atoms with Gasteiger partial charge in [0.25, 0.3) is 10.2 Å². The number of nitrogens with one attached hydrogen (secondary N) is 1. The van der Waals surface area contributed by atoms with Crippen molar-refractivity contribution in [2.45, 2.75) is 58.4 Å². The summed E-state index contributed by atoms with van der Waals surface area (Å²) in [7, 11) is -3.42. The molecule has 2 aliphatic rings. The van der Waals surface area contributed by atoms with Gasteiger partial charge < -0.3 is 5.11 Å². The highest BCUT2D eigenvalue weighted by atomic mass is 32.2. The molecule has 0 amide bonds. The van der Waals surface area contributed by atoms with Crippen LogP contribution in [0.3, 0.4) is 0 Å². The lowest BCUT2D eigenvalue weighted by atomic mass is 9.74. The van der Waals surface area contributed by atoms with Gasteiger partial charge in [-0.05, 0) is 37.0 Å². The molecule has 0 aromatic heterocycles. The lowest BCUT2D eigenvalue weighted by Gasteiger charge is -2.40. The zero-order valence-electron chi connectivity index (χ0n) is 12.6. The first-order valence-corrected chi connectivity index (χ1v) is 9.17. The lowest BCUT2D eigenvalue weighted by Crippen LogP contribution is -2.53. The van der Waals surface area contributed by atoms with Crippen LogP contribution in [0.15, 0.2) is 0 Å². The smallest absolute Gasteiger partial charge is 0.279 e. The van der Waals surface area contributed by atoms with E-state index < -0.39 is 10.2 Å². The van der Waals surface area contributed by atoms with Crippen molar-refractivity contribution in [3.63, 3.8) is 0 Å². The first-order valence-electron chi connectivity index (χ1n) is 7.73. The van der Waals surface area contributed by atoms with Gasteiger partial charge in [-0.15, -0.1) is 0 Å². The maximum absolute atomic E-state index is 12.5. The molecule has 0 aromatic carbocycles. The molecule has 2 unspecified atom stereocenters. The van der Waals surface area contributed by atoms with Crippen LogP contribution in [0.25, 0.3) is 0 Å². The highest BCUT2D eigenvalue weighted by Crippen LogP contribution is 2.36. The lowest BCUT2D eigenvalue weighted by molar-refractivity contribution is 0.158. The number of piperidine rings is 1. The molecule has 1 aliphatic heterocycles. The highest BCUT2D eigenvalue weighted by Gasteiger charge is 2.37. The SMILES string of the molecule is CC1(C)CCCCC1NS(=O)(=O)N1CCCC(CO)C1. The molecule has 0 bridgehead atoms. The van der Waals surface area contributed by atoms with E-state index >= 15 is 0 Å². The van der Waals surface area contributed by atoms with Crippen LogP contribution >= 0.6 is 0 Å². The third-order valence-corrected chi connectivity index (χ3v) is 6.47. The summed E-state index contributed by atoms with van der Waals surface area (Å²) in [5.41, 5.74) is 0.0253. The summed E-state index contributed by atoms with van der Waals surface area (Å²) < 4.78 is 29.5. The predicted octanol–water partition coefficient (Wildman–Crippen LogP) is 1.49. The van der Waals surface area contributed by atoms with Gasteiger partial charge in [0, 0.05) is 25.7 Å². The summed E-state index contributed by atoms with van der Waals surface area (Å²) in [5.74, 6) is 0.0830. The van der Waals surface area contributed by atoms with Crippen LogP contribution in [0.4, 0.5) is 0 Å². The zero-order valence-corrected chi connectivity index (χ0v) is 13.5. The van der Waals surface area contributed by atoms with Crippen molar-refractivity contribution in [3.05, 3.63) is 0 Å². The molecule has 2 fully saturated rings. The van der Waals surface area contributed by atoms with E-state index in [4.69, 9.17) is 0 Å². The molecule has 118 valence electrons. The van der Waals surface area contributed by atoms with Crippen molar-refractivity contribution in [1.82, 2.24) is 9.03 Å². The second-order valence-corrected chi connectivity index (χ2v) is 8.66. The Balaban J connectivity index is 2.03. The third kappa shape index (κ3) is 3.72. The van der Waals surface area contributed by atoms with Gasteiger partial charge in [-0.2, -0.15) is 17.4 Å². The topological polar surface area (TPSA) is 69.6 Å². The monoisotopic (exact) mass is 304 g/mol. The van der Waals surface area contributed by atoms with Crippen LogP contribution in [0.2, 0.25) is 0 Å². The van der Waals surface area contributed by atoms with Crippen molar-refractivity contribution in [1.29, 1.82) is 0 Å². The number of rotatable bonds is 4. The number of hydrogen-bond donors (Lipinski definition) is 2. The second-order valence-electron chi connectivity index (χ2n) is 6.96. The Hall–Kier alpha value is -0.170. The molecule has 0 aromatic rings. The van der Waals surface area contributed by atoms with Crippen LogP contribution in [-0.2, 0) is 10.2 Å². The van der Waals surface area contributed by atoms with E-state index in [0.29, 0.717) is 13.1 Å². The number of hydrogen-bond acceptors (Lipinski definition) is 3. The molecular formula is C14H28N2O3S. The van der Waals surface area contributed by atoms with E-state index in [0.717, 1.165) is 32.1 Å². The van der Waals surface area contributed by atoms with E-state index in [1.165, 1.54) is 10.7 Å². The van der Waals surface area contributed by atoms with Crippen LogP contribution in [0.1, 0.15) is 52.4 Å². The van der Waals surface area contributed by atoms with Crippen molar-refractivity contribution >= 4 is 10.2 Å².